The van der Waals surface area contributed by atoms with Gasteiger partial charge < -0.3 is 14.2 Å². The molecule has 1 saturated carbocycles. The van der Waals surface area contributed by atoms with Crippen LogP contribution in [0.3, 0.4) is 0 Å². The second-order valence-corrected chi connectivity index (χ2v) is 19.0. The van der Waals surface area contributed by atoms with Gasteiger partial charge in [0.25, 0.3) is 0 Å². The molecule has 3 aliphatic carbocycles. The Balaban J connectivity index is 1.14. The molecule has 8 aromatic rings. The molecule has 60 heavy (non-hydrogen) atoms. The number of rotatable bonds is 8. The van der Waals surface area contributed by atoms with Gasteiger partial charge in [0.05, 0.1) is 5.69 Å². The normalized spacial score (nSPS) is 18.4. The maximum absolute atomic E-state index is 6.59. The summed E-state index contributed by atoms with van der Waals surface area (Å²) in [6.07, 6.45) is 6.96. The van der Waals surface area contributed by atoms with Crippen LogP contribution in [0.4, 0.5) is 34.1 Å². The van der Waals surface area contributed by atoms with Gasteiger partial charge in [-0.05, 0) is 160 Å². The van der Waals surface area contributed by atoms with Crippen LogP contribution in [-0.2, 0) is 16.2 Å². The summed E-state index contributed by atoms with van der Waals surface area (Å²) in [6, 6.07) is 60.2. The van der Waals surface area contributed by atoms with Crippen LogP contribution in [0.15, 0.2) is 174 Å². The smallest absolute Gasteiger partial charge is 0.136 e. The first kappa shape index (κ1) is 37.9. The quantitative estimate of drug-likeness (QED) is 0.153. The van der Waals surface area contributed by atoms with Gasteiger partial charge in [-0.3, -0.25) is 0 Å². The molecular weight excluding hydrogens is 729 g/mol. The summed E-state index contributed by atoms with van der Waals surface area (Å²) in [4.78, 5) is 4.81. The van der Waals surface area contributed by atoms with Crippen molar-refractivity contribution in [1.29, 1.82) is 0 Å². The first-order valence-corrected chi connectivity index (χ1v) is 21.7. The summed E-state index contributed by atoms with van der Waals surface area (Å²) in [5, 5.41) is 1.17. The lowest BCUT2D eigenvalue weighted by molar-refractivity contribution is 0.188. The van der Waals surface area contributed by atoms with Crippen molar-refractivity contribution in [2.24, 2.45) is 0 Å². The fourth-order valence-corrected chi connectivity index (χ4v) is 9.98. The van der Waals surface area contributed by atoms with Crippen LogP contribution >= 0.6 is 0 Å². The fourth-order valence-electron chi connectivity index (χ4n) is 9.98. The minimum atomic E-state index is 0.0404. The highest BCUT2D eigenvalue weighted by molar-refractivity contribution is 5.98. The molecule has 11 rings (SSSR count). The van der Waals surface area contributed by atoms with Crippen LogP contribution in [0.25, 0.3) is 33.2 Å². The molecule has 0 amide bonds. The lowest BCUT2D eigenvalue weighted by Gasteiger charge is -2.52. The third kappa shape index (κ3) is 6.71. The van der Waals surface area contributed by atoms with Crippen LogP contribution < -0.4 is 9.80 Å². The van der Waals surface area contributed by atoms with Crippen molar-refractivity contribution in [3.05, 3.63) is 192 Å². The molecule has 0 spiro atoms. The molecule has 0 saturated heterocycles. The summed E-state index contributed by atoms with van der Waals surface area (Å²) in [7, 11) is 0. The van der Waals surface area contributed by atoms with Gasteiger partial charge in [-0.25, -0.2) is 0 Å². The van der Waals surface area contributed by atoms with Crippen molar-refractivity contribution in [1.82, 2.24) is 0 Å². The average molecular weight is 783 g/mol. The number of hydrogen-bond acceptors (Lipinski definition) is 3. The Labute approximate surface area is 356 Å². The zero-order valence-electron chi connectivity index (χ0n) is 35.8. The molecule has 3 heteroatoms. The molecule has 298 valence electrons. The molecule has 3 nitrogen and oxygen atoms in total. The highest BCUT2D eigenvalue weighted by Gasteiger charge is 2.48. The maximum atomic E-state index is 6.59. The Morgan fingerprint density at radius 1 is 0.467 bits per heavy atom. The van der Waals surface area contributed by atoms with E-state index >= 15 is 0 Å². The lowest BCUT2D eigenvalue weighted by Crippen LogP contribution is -2.44. The van der Waals surface area contributed by atoms with E-state index in [1.165, 1.54) is 75.6 Å². The van der Waals surface area contributed by atoms with E-state index < -0.39 is 0 Å². The van der Waals surface area contributed by atoms with Gasteiger partial charge in [-0.2, -0.15) is 0 Å². The molecule has 1 heterocycles. The van der Waals surface area contributed by atoms with Crippen LogP contribution in [0.2, 0.25) is 0 Å². The van der Waals surface area contributed by atoms with Crippen molar-refractivity contribution in [2.45, 2.75) is 83.5 Å². The number of benzene rings is 7. The Hall–Kier alpha value is -6.32. The zero-order valence-corrected chi connectivity index (χ0v) is 35.8. The molecule has 2 bridgehead atoms. The summed E-state index contributed by atoms with van der Waals surface area (Å²) in [5.41, 5.74) is 18.2. The average Bonchev–Trinajstić information content (AvgIpc) is 3.67. The molecule has 0 radical (unpaired) electrons. The third-order valence-corrected chi connectivity index (χ3v) is 13.7. The van der Waals surface area contributed by atoms with Gasteiger partial charge in [0.15, 0.2) is 0 Å². The number of furan rings is 1. The van der Waals surface area contributed by atoms with Crippen molar-refractivity contribution >= 4 is 45.1 Å². The van der Waals surface area contributed by atoms with Gasteiger partial charge in [-0.1, -0.05) is 132 Å². The number of anilines is 6. The van der Waals surface area contributed by atoms with Gasteiger partial charge in [-0.15, -0.1) is 0 Å². The highest BCUT2D eigenvalue weighted by Crippen LogP contribution is 2.58. The molecule has 0 N–H and O–H groups in total. The van der Waals surface area contributed by atoms with Crippen molar-refractivity contribution in [2.75, 3.05) is 9.80 Å². The third-order valence-electron chi connectivity index (χ3n) is 13.7. The minimum absolute atomic E-state index is 0.0404. The number of aryl methyl sites for hydroxylation is 1. The number of nitrogens with zero attached hydrogens (tertiary/aromatic N) is 2. The fraction of sp³-hybridized carbons (Fsp3) is 0.228. The Bertz CT molecular complexity index is 2720. The van der Waals surface area contributed by atoms with Crippen molar-refractivity contribution in [3.63, 3.8) is 0 Å². The predicted molar refractivity (Wildman–Crippen MR) is 253 cm³/mol. The van der Waals surface area contributed by atoms with Crippen molar-refractivity contribution < 1.29 is 4.42 Å². The van der Waals surface area contributed by atoms with Gasteiger partial charge >= 0.3 is 0 Å². The summed E-state index contributed by atoms with van der Waals surface area (Å²) in [6.45, 7) is 14.0. The molecule has 3 aliphatic rings. The summed E-state index contributed by atoms with van der Waals surface area (Å²) >= 11 is 0. The summed E-state index contributed by atoms with van der Waals surface area (Å²) < 4.78 is 6.59. The van der Waals surface area contributed by atoms with Crippen LogP contribution in [-0.4, -0.2) is 0 Å². The van der Waals surface area contributed by atoms with Crippen LogP contribution in [0, 0.1) is 6.92 Å². The Kier molecular flexibility index (Phi) is 9.13. The first-order chi connectivity index (χ1) is 29.0. The Morgan fingerprint density at radius 3 is 1.40 bits per heavy atom. The van der Waals surface area contributed by atoms with E-state index in [2.05, 4.69) is 215 Å². The van der Waals surface area contributed by atoms with E-state index in [0.29, 0.717) is 0 Å². The summed E-state index contributed by atoms with van der Waals surface area (Å²) in [5.74, 6) is 0. The number of fused-ring (bicyclic) bond motifs is 3. The van der Waals surface area contributed by atoms with E-state index in [0.717, 1.165) is 39.7 Å². The highest BCUT2D eigenvalue weighted by atomic mass is 16.3. The van der Waals surface area contributed by atoms with E-state index in [4.69, 9.17) is 4.42 Å². The molecule has 7 aromatic carbocycles. The maximum Gasteiger partial charge on any atom is 0.136 e. The second-order valence-electron chi connectivity index (χ2n) is 19.0. The minimum Gasteiger partial charge on any atom is -0.462 e. The van der Waals surface area contributed by atoms with Gasteiger partial charge in [0.2, 0.25) is 0 Å². The molecule has 0 atom stereocenters. The van der Waals surface area contributed by atoms with Crippen LogP contribution in [0.5, 0.6) is 0 Å². The predicted octanol–water partition coefficient (Wildman–Crippen LogP) is 16.4. The largest absolute Gasteiger partial charge is 0.462 e. The van der Waals surface area contributed by atoms with Gasteiger partial charge in [0, 0.05) is 33.8 Å². The van der Waals surface area contributed by atoms with E-state index in [-0.39, 0.29) is 16.2 Å². The van der Waals surface area contributed by atoms with Crippen molar-refractivity contribution in [3.8, 4) is 22.3 Å². The lowest BCUT2D eigenvalue weighted by atomic mass is 9.52. The van der Waals surface area contributed by atoms with Crippen LogP contribution in [0.1, 0.15) is 82.6 Å². The molecule has 1 aromatic heterocycles. The molecule has 0 unspecified atom stereocenters. The zero-order chi connectivity index (χ0) is 41.2. The SMILES string of the molecule is Cc1cc(N(c2ccc(-c3ccccc3)cc2)c2ccc(-c3ccccc3)cc2)cc(N(c2ccc(C(C)(C)C)cc2)c2coc3cc4c(cc23)C2(C)CCC4(C)CC2)c1. The van der Waals surface area contributed by atoms with E-state index in [1.807, 2.05) is 6.26 Å². The first-order valence-electron chi connectivity index (χ1n) is 21.7. The van der Waals surface area contributed by atoms with E-state index in [9.17, 15) is 0 Å². The second kappa shape index (κ2) is 14.4. The molecular formula is C57H54N2O. The Morgan fingerprint density at radius 2 is 0.900 bits per heavy atom. The van der Waals surface area contributed by atoms with Gasteiger partial charge in [0.1, 0.15) is 11.8 Å². The number of hydrogen-bond donors (Lipinski definition) is 0. The monoisotopic (exact) mass is 782 g/mol. The standard InChI is InChI=1S/C57H54N2O/c1-39-33-48(58(45-23-17-42(18-24-45)40-13-9-7-10-14-40)46-25-19-43(20-26-46)41-15-11-8-12-16-41)35-49(34-39)59(47-27-21-44(22-28-47)55(2,3)4)53-38-60-54-37-52-51(36-50(53)54)56(5)29-31-57(52,6)32-30-56/h7-28,33-38H,29-32H2,1-6H3. The molecule has 1 fully saturated rings. The topological polar surface area (TPSA) is 19.6 Å². The molecule has 0 aliphatic heterocycles. The van der Waals surface area contributed by atoms with E-state index in [1.54, 1.807) is 0 Å².